The summed E-state index contributed by atoms with van der Waals surface area (Å²) in [7, 11) is 3.44. The Hall–Kier alpha value is -2.44. The number of likely N-dealkylation sites (tertiary alicyclic amines) is 1. The van der Waals surface area contributed by atoms with Crippen molar-refractivity contribution in [3.8, 4) is 11.5 Å². The largest absolute Gasteiger partial charge is 0.493 e. The number of nitrogens with one attached hydrogen (secondary N) is 2. The molecule has 1 aliphatic heterocycles. The van der Waals surface area contributed by atoms with E-state index in [0.29, 0.717) is 24.6 Å². The molecule has 1 atom stereocenters. The fourth-order valence-corrected chi connectivity index (χ4v) is 4.17. The minimum absolute atomic E-state index is 0.0267. The molecular weight excluding hydrogens is 380 g/mol. The molecule has 30 heavy (non-hydrogen) atoms. The average Bonchev–Trinajstić information content (AvgIpc) is 3.24. The molecule has 1 aliphatic rings. The van der Waals surface area contributed by atoms with E-state index in [-0.39, 0.29) is 12.5 Å². The zero-order chi connectivity index (χ0) is 21.9. The summed E-state index contributed by atoms with van der Waals surface area (Å²) in [6.45, 7) is 9.79. The molecule has 168 valence electrons. The maximum absolute atomic E-state index is 11.6. The molecule has 1 heterocycles. The standard InChI is InChI=1S/C23H38N4O3/c1-6-18(7-2)19-11-12-27(15-19)23(24-4)26-14-17-9-10-20(21(13-17)29-5)30-16-22(28)25-8-3/h9-10,13,18-19H,6-8,11-12,14-16H2,1-5H3,(H,24,26)(H,25,28). The SMILES string of the molecule is CCNC(=O)COc1ccc(CNC(=NC)N2CCC(C(CC)CC)C2)cc1OC. The van der Waals surface area contributed by atoms with Crippen molar-refractivity contribution in [1.29, 1.82) is 0 Å². The number of methoxy groups -OCH3 is 1. The molecule has 2 N–H and O–H groups in total. The van der Waals surface area contributed by atoms with Crippen LogP contribution in [0.2, 0.25) is 0 Å². The summed E-state index contributed by atoms with van der Waals surface area (Å²) in [5, 5.41) is 6.19. The highest BCUT2D eigenvalue weighted by Gasteiger charge is 2.29. The van der Waals surface area contributed by atoms with Gasteiger partial charge >= 0.3 is 0 Å². The summed E-state index contributed by atoms with van der Waals surface area (Å²) in [6, 6.07) is 5.76. The average molecular weight is 419 g/mol. The summed E-state index contributed by atoms with van der Waals surface area (Å²) in [4.78, 5) is 18.5. The van der Waals surface area contributed by atoms with Crippen LogP contribution in [0.3, 0.4) is 0 Å². The van der Waals surface area contributed by atoms with Gasteiger partial charge in [0.25, 0.3) is 5.91 Å². The van der Waals surface area contributed by atoms with Crippen LogP contribution < -0.4 is 20.1 Å². The molecular formula is C23H38N4O3. The second-order valence-electron chi connectivity index (χ2n) is 7.70. The number of hydrogen-bond donors (Lipinski definition) is 2. The fourth-order valence-electron chi connectivity index (χ4n) is 4.17. The van der Waals surface area contributed by atoms with Crippen molar-refractivity contribution in [2.24, 2.45) is 16.8 Å². The lowest BCUT2D eigenvalue weighted by Gasteiger charge is -2.24. The molecule has 0 aliphatic carbocycles. The molecule has 1 saturated heterocycles. The number of nitrogens with zero attached hydrogens (tertiary/aromatic N) is 2. The van der Waals surface area contributed by atoms with Gasteiger partial charge in [-0.05, 0) is 42.9 Å². The van der Waals surface area contributed by atoms with Crippen LogP contribution in [0.4, 0.5) is 0 Å². The highest BCUT2D eigenvalue weighted by atomic mass is 16.5. The Labute approximate surface area is 181 Å². The monoisotopic (exact) mass is 418 g/mol. The summed E-state index contributed by atoms with van der Waals surface area (Å²) in [6.07, 6.45) is 3.73. The topological polar surface area (TPSA) is 75.2 Å². The van der Waals surface area contributed by atoms with Gasteiger partial charge in [-0.25, -0.2) is 0 Å². The Bertz CT molecular complexity index is 704. The van der Waals surface area contributed by atoms with Gasteiger partial charge in [-0.1, -0.05) is 32.8 Å². The van der Waals surface area contributed by atoms with E-state index in [2.05, 4.69) is 34.4 Å². The smallest absolute Gasteiger partial charge is 0.257 e. The number of guanidine groups is 1. The van der Waals surface area contributed by atoms with E-state index in [1.165, 1.54) is 19.3 Å². The quantitative estimate of drug-likeness (QED) is 0.451. The number of amides is 1. The number of carbonyl (C=O) groups excluding carboxylic acids is 1. The lowest BCUT2D eigenvalue weighted by Crippen LogP contribution is -2.40. The highest BCUT2D eigenvalue weighted by Crippen LogP contribution is 2.29. The van der Waals surface area contributed by atoms with Crippen molar-refractivity contribution in [3.05, 3.63) is 23.8 Å². The van der Waals surface area contributed by atoms with E-state index in [1.807, 2.05) is 32.2 Å². The first-order chi connectivity index (χ1) is 14.6. The molecule has 0 radical (unpaired) electrons. The van der Waals surface area contributed by atoms with Crippen LogP contribution in [-0.4, -0.2) is 57.2 Å². The van der Waals surface area contributed by atoms with E-state index in [0.717, 1.165) is 36.4 Å². The van der Waals surface area contributed by atoms with Crippen molar-refractivity contribution >= 4 is 11.9 Å². The molecule has 1 unspecified atom stereocenters. The lowest BCUT2D eigenvalue weighted by molar-refractivity contribution is -0.123. The van der Waals surface area contributed by atoms with Gasteiger partial charge in [-0.15, -0.1) is 0 Å². The van der Waals surface area contributed by atoms with Crippen LogP contribution in [-0.2, 0) is 11.3 Å². The van der Waals surface area contributed by atoms with Crippen molar-refractivity contribution in [2.75, 3.05) is 40.4 Å². The number of rotatable bonds is 10. The predicted octanol–water partition coefficient (Wildman–Crippen LogP) is 3.04. The molecule has 0 bridgehead atoms. The van der Waals surface area contributed by atoms with E-state index < -0.39 is 0 Å². The number of aliphatic imine (C=N–C) groups is 1. The van der Waals surface area contributed by atoms with Gasteiger partial charge in [0.2, 0.25) is 0 Å². The molecule has 1 aromatic rings. The number of hydrogen-bond acceptors (Lipinski definition) is 4. The Morgan fingerprint density at radius 3 is 2.63 bits per heavy atom. The minimum atomic E-state index is -0.147. The molecule has 0 spiro atoms. The second kappa shape index (κ2) is 12.3. The first-order valence-corrected chi connectivity index (χ1v) is 11.1. The molecule has 7 nitrogen and oxygen atoms in total. The molecule has 1 amide bonds. The Balaban J connectivity index is 1.93. The molecule has 0 aromatic heterocycles. The van der Waals surface area contributed by atoms with Crippen LogP contribution >= 0.6 is 0 Å². The van der Waals surface area contributed by atoms with Gasteiger partial charge in [0.1, 0.15) is 0 Å². The van der Waals surface area contributed by atoms with Gasteiger partial charge in [0, 0.05) is 33.2 Å². The fraction of sp³-hybridized carbons (Fsp3) is 0.652. The van der Waals surface area contributed by atoms with Crippen molar-refractivity contribution < 1.29 is 14.3 Å². The van der Waals surface area contributed by atoms with Crippen LogP contribution in [0.5, 0.6) is 11.5 Å². The number of benzene rings is 1. The third-order valence-electron chi connectivity index (χ3n) is 5.86. The van der Waals surface area contributed by atoms with Gasteiger partial charge in [0.15, 0.2) is 24.1 Å². The van der Waals surface area contributed by atoms with Crippen LogP contribution in [0.15, 0.2) is 23.2 Å². The van der Waals surface area contributed by atoms with E-state index >= 15 is 0 Å². The number of likely N-dealkylation sites (N-methyl/N-ethyl adjacent to an activating group) is 1. The first kappa shape index (κ1) is 23.8. The third kappa shape index (κ3) is 6.54. The first-order valence-electron chi connectivity index (χ1n) is 11.1. The van der Waals surface area contributed by atoms with Crippen molar-refractivity contribution in [2.45, 2.75) is 46.6 Å². The zero-order valence-corrected chi connectivity index (χ0v) is 19.2. The number of carbonyl (C=O) groups is 1. The van der Waals surface area contributed by atoms with Crippen LogP contribution in [0.25, 0.3) is 0 Å². The molecule has 0 saturated carbocycles. The van der Waals surface area contributed by atoms with Crippen LogP contribution in [0.1, 0.15) is 45.6 Å². The minimum Gasteiger partial charge on any atom is -0.493 e. The molecule has 1 fully saturated rings. The summed E-state index contributed by atoms with van der Waals surface area (Å²) >= 11 is 0. The zero-order valence-electron chi connectivity index (χ0n) is 19.2. The van der Waals surface area contributed by atoms with Gasteiger partial charge in [-0.2, -0.15) is 0 Å². The maximum Gasteiger partial charge on any atom is 0.257 e. The number of ether oxygens (including phenoxy) is 2. The Morgan fingerprint density at radius 1 is 1.23 bits per heavy atom. The van der Waals surface area contributed by atoms with Gasteiger partial charge < -0.3 is 25.0 Å². The molecule has 7 heteroatoms. The maximum atomic E-state index is 11.6. The summed E-state index contributed by atoms with van der Waals surface area (Å²) in [5.74, 6) is 3.52. The van der Waals surface area contributed by atoms with E-state index in [4.69, 9.17) is 9.47 Å². The molecule has 2 rings (SSSR count). The second-order valence-corrected chi connectivity index (χ2v) is 7.70. The highest BCUT2D eigenvalue weighted by molar-refractivity contribution is 5.80. The van der Waals surface area contributed by atoms with E-state index in [9.17, 15) is 4.79 Å². The Morgan fingerprint density at radius 2 is 2.00 bits per heavy atom. The predicted molar refractivity (Wildman–Crippen MR) is 121 cm³/mol. The van der Waals surface area contributed by atoms with E-state index in [1.54, 1.807) is 7.11 Å². The summed E-state index contributed by atoms with van der Waals surface area (Å²) in [5.41, 5.74) is 1.06. The van der Waals surface area contributed by atoms with Gasteiger partial charge in [0.05, 0.1) is 7.11 Å². The summed E-state index contributed by atoms with van der Waals surface area (Å²) < 4.78 is 11.0. The Kier molecular flexibility index (Phi) is 9.77. The van der Waals surface area contributed by atoms with Gasteiger partial charge in [-0.3, -0.25) is 9.79 Å². The third-order valence-corrected chi connectivity index (χ3v) is 5.86. The van der Waals surface area contributed by atoms with Crippen molar-refractivity contribution in [3.63, 3.8) is 0 Å². The van der Waals surface area contributed by atoms with Crippen molar-refractivity contribution in [1.82, 2.24) is 15.5 Å². The van der Waals surface area contributed by atoms with Crippen LogP contribution in [0, 0.1) is 11.8 Å². The molecule has 1 aromatic carbocycles. The normalized spacial score (nSPS) is 16.7. The lowest BCUT2D eigenvalue weighted by atomic mass is 9.87.